The SMILES string of the molecule is Cc1cc(-c2cccc(C3=Nc4cc(C)c(Cl)cc4NC(=O)C3)c2)nc(N2CCOCC2)n1. The maximum Gasteiger partial charge on any atom is 0.230 e. The van der Waals surface area contributed by atoms with Crippen molar-refractivity contribution in [2.45, 2.75) is 20.3 Å². The zero-order valence-electron chi connectivity index (χ0n) is 18.6. The van der Waals surface area contributed by atoms with Crippen LogP contribution in [0, 0.1) is 13.8 Å². The van der Waals surface area contributed by atoms with Crippen molar-refractivity contribution in [1.29, 1.82) is 0 Å². The number of carbonyl (C=O) groups is 1. The molecule has 0 saturated carbocycles. The van der Waals surface area contributed by atoms with E-state index in [0.29, 0.717) is 41.3 Å². The third-order valence-corrected chi connectivity index (χ3v) is 6.17. The molecule has 33 heavy (non-hydrogen) atoms. The lowest BCUT2D eigenvalue weighted by Gasteiger charge is -2.27. The van der Waals surface area contributed by atoms with Gasteiger partial charge in [0.25, 0.3) is 0 Å². The number of aliphatic imine (C=N–C) groups is 1. The Kier molecular flexibility index (Phi) is 5.83. The number of rotatable bonds is 3. The summed E-state index contributed by atoms with van der Waals surface area (Å²) in [6.07, 6.45) is 0.177. The first kappa shape index (κ1) is 21.6. The van der Waals surface area contributed by atoms with Crippen molar-refractivity contribution in [3.63, 3.8) is 0 Å². The number of hydrogen-bond acceptors (Lipinski definition) is 6. The molecule has 0 atom stereocenters. The topological polar surface area (TPSA) is 79.7 Å². The average molecular weight is 462 g/mol. The number of nitrogens with zero attached hydrogens (tertiary/aromatic N) is 4. The Morgan fingerprint density at radius 1 is 1.03 bits per heavy atom. The second-order valence-electron chi connectivity index (χ2n) is 8.28. The van der Waals surface area contributed by atoms with Crippen LogP contribution in [0.15, 0.2) is 47.5 Å². The number of fused-ring (bicyclic) bond motifs is 1. The second kappa shape index (κ2) is 8.92. The van der Waals surface area contributed by atoms with E-state index in [4.69, 9.17) is 26.3 Å². The van der Waals surface area contributed by atoms with E-state index in [9.17, 15) is 4.79 Å². The van der Waals surface area contributed by atoms with Crippen LogP contribution in [0.25, 0.3) is 11.3 Å². The van der Waals surface area contributed by atoms with E-state index < -0.39 is 0 Å². The highest BCUT2D eigenvalue weighted by Gasteiger charge is 2.20. The lowest BCUT2D eigenvalue weighted by atomic mass is 10.0. The number of carbonyl (C=O) groups excluding carboxylic acids is 1. The number of ether oxygens (including phenoxy) is 1. The monoisotopic (exact) mass is 461 g/mol. The molecule has 3 aromatic rings. The molecule has 1 aromatic heterocycles. The maximum atomic E-state index is 12.6. The van der Waals surface area contributed by atoms with Gasteiger partial charge in [0.15, 0.2) is 0 Å². The molecule has 2 aromatic carbocycles. The predicted octanol–water partition coefficient (Wildman–Crippen LogP) is 4.71. The molecule has 0 bridgehead atoms. The van der Waals surface area contributed by atoms with Gasteiger partial charge in [-0.05, 0) is 49.2 Å². The summed E-state index contributed by atoms with van der Waals surface area (Å²) in [6, 6.07) is 13.6. The summed E-state index contributed by atoms with van der Waals surface area (Å²) >= 11 is 6.25. The molecule has 0 unspecified atom stereocenters. The van der Waals surface area contributed by atoms with Crippen LogP contribution in [0.2, 0.25) is 5.02 Å². The van der Waals surface area contributed by atoms with Gasteiger partial charge in [0, 0.05) is 29.4 Å². The van der Waals surface area contributed by atoms with Crippen LogP contribution in [-0.4, -0.2) is 47.9 Å². The van der Waals surface area contributed by atoms with E-state index in [2.05, 4.69) is 15.2 Å². The van der Waals surface area contributed by atoms with E-state index in [1.807, 2.05) is 50.2 Å². The first-order chi connectivity index (χ1) is 16.0. The first-order valence-corrected chi connectivity index (χ1v) is 11.3. The molecule has 2 aliphatic heterocycles. The molecule has 1 N–H and O–H groups in total. The van der Waals surface area contributed by atoms with Gasteiger partial charge in [-0.25, -0.2) is 9.97 Å². The van der Waals surface area contributed by atoms with Crippen molar-refractivity contribution in [2.75, 3.05) is 36.5 Å². The van der Waals surface area contributed by atoms with Crippen LogP contribution in [0.3, 0.4) is 0 Å². The number of benzene rings is 2. The van der Waals surface area contributed by atoms with Crippen LogP contribution in [0.4, 0.5) is 17.3 Å². The molecule has 3 heterocycles. The Bertz CT molecular complexity index is 1270. The lowest BCUT2D eigenvalue weighted by molar-refractivity contribution is -0.115. The van der Waals surface area contributed by atoms with Crippen molar-refractivity contribution in [2.24, 2.45) is 4.99 Å². The largest absolute Gasteiger partial charge is 0.378 e. The third kappa shape index (κ3) is 4.60. The summed E-state index contributed by atoms with van der Waals surface area (Å²) in [6.45, 7) is 6.81. The molecule has 0 radical (unpaired) electrons. The normalized spacial score (nSPS) is 16.0. The number of aromatic nitrogens is 2. The number of hydrogen-bond donors (Lipinski definition) is 1. The molecule has 0 spiro atoms. The molecule has 0 aliphatic carbocycles. The fourth-order valence-corrected chi connectivity index (χ4v) is 4.18. The zero-order chi connectivity index (χ0) is 22.9. The number of nitrogens with one attached hydrogen (secondary N) is 1. The number of amides is 1. The van der Waals surface area contributed by atoms with Crippen LogP contribution in [0.1, 0.15) is 23.2 Å². The van der Waals surface area contributed by atoms with Crippen LogP contribution >= 0.6 is 11.6 Å². The molecule has 2 aliphatic rings. The van der Waals surface area contributed by atoms with E-state index in [0.717, 1.165) is 41.2 Å². The van der Waals surface area contributed by atoms with Gasteiger partial charge in [-0.15, -0.1) is 0 Å². The van der Waals surface area contributed by atoms with Crippen LogP contribution < -0.4 is 10.2 Å². The number of anilines is 2. The van der Waals surface area contributed by atoms with Gasteiger partial charge < -0.3 is 15.0 Å². The Hall–Kier alpha value is -3.29. The van der Waals surface area contributed by atoms with E-state index >= 15 is 0 Å². The van der Waals surface area contributed by atoms with Gasteiger partial charge in [0.1, 0.15) is 0 Å². The van der Waals surface area contributed by atoms with Crippen LogP contribution in [-0.2, 0) is 9.53 Å². The van der Waals surface area contributed by atoms with Crippen LogP contribution in [0.5, 0.6) is 0 Å². The predicted molar refractivity (Wildman–Crippen MR) is 131 cm³/mol. The Morgan fingerprint density at radius 2 is 1.82 bits per heavy atom. The summed E-state index contributed by atoms with van der Waals surface area (Å²) < 4.78 is 5.46. The first-order valence-electron chi connectivity index (χ1n) is 10.9. The maximum absolute atomic E-state index is 12.6. The minimum absolute atomic E-state index is 0.120. The van der Waals surface area contributed by atoms with Gasteiger partial charge >= 0.3 is 0 Å². The number of halogens is 1. The third-order valence-electron chi connectivity index (χ3n) is 5.76. The highest BCUT2D eigenvalue weighted by Crippen LogP contribution is 2.34. The summed E-state index contributed by atoms with van der Waals surface area (Å²) in [5.41, 5.74) is 6.52. The Labute approximate surface area is 197 Å². The quantitative estimate of drug-likeness (QED) is 0.610. The smallest absolute Gasteiger partial charge is 0.230 e. The highest BCUT2D eigenvalue weighted by molar-refractivity contribution is 6.32. The fraction of sp³-hybridized carbons (Fsp3) is 0.280. The summed E-state index contributed by atoms with van der Waals surface area (Å²) in [5, 5.41) is 3.52. The van der Waals surface area contributed by atoms with Crippen molar-refractivity contribution in [3.05, 3.63) is 64.3 Å². The Balaban J connectivity index is 1.53. The lowest BCUT2D eigenvalue weighted by Crippen LogP contribution is -2.37. The van der Waals surface area contributed by atoms with Crippen molar-refractivity contribution >= 4 is 40.5 Å². The van der Waals surface area contributed by atoms with Gasteiger partial charge in [-0.3, -0.25) is 9.79 Å². The zero-order valence-corrected chi connectivity index (χ0v) is 19.3. The summed E-state index contributed by atoms with van der Waals surface area (Å²) in [5.74, 6) is 0.594. The molecule has 168 valence electrons. The fourth-order valence-electron chi connectivity index (χ4n) is 4.02. The summed E-state index contributed by atoms with van der Waals surface area (Å²) in [4.78, 5) is 29.0. The van der Waals surface area contributed by atoms with Crippen molar-refractivity contribution in [1.82, 2.24) is 9.97 Å². The van der Waals surface area contributed by atoms with Gasteiger partial charge in [0.05, 0.1) is 42.4 Å². The average Bonchev–Trinajstić information content (AvgIpc) is 2.97. The van der Waals surface area contributed by atoms with Gasteiger partial charge in [-0.1, -0.05) is 29.8 Å². The minimum Gasteiger partial charge on any atom is -0.378 e. The van der Waals surface area contributed by atoms with E-state index in [1.54, 1.807) is 6.07 Å². The standard InChI is InChI=1S/C25H24ClN5O2/c1-15-10-22-23(13-19(15)26)29-24(32)14-21(28-22)18-5-3-4-17(12-18)20-11-16(2)27-25(30-20)31-6-8-33-9-7-31/h3-5,10-13H,6-9,14H2,1-2H3,(H,29,32). The van der Waals surface area contributed by atoms with Crippen molar-refractivity contribution < 1.29 is 9.53 Å². The Morgan fingerprint density at radius 3 is 2.64 bits per heavy atom. The molecular formula is C25H24ClN5O2. The number of aryl methyl sites for hydroxylation is 2. The highest BCUT2D eigenvalue weighted by atomic mass is 35.5. The molecule has 8 heteroatoms. The molecule has 1 amide bonds. The molecule has 5 rings (SSSR count). The summed E-state index contributed by atoms with van der Waals surface area (Å²) in [7, 11) is 0. The van der Waals surface area contributed by atoms with Gasteiger partial charge in [0.2, 0.25) is 11.9 Å². The molecule has 1 fully saturated rings. The molecule has 7 nitrogen and oxygen atoms in total. The number of morpholine rings is 1. The molecular weight excluding hydrogens is 438 g/mol. The van der Waals surface area contributed by atoms with E-state index in [-0.39, 0.29) is 12.3 Å². The minimum atomic E-state index is -0.120. The second-order valence-corrected chi connectivity index (χ2v) is 8.68. The van der Waals surface area contributed by atoms with E-state index in [1.165, 1.54) is 0 Å². The van der Waals surface area contributed by atoms with Crippen molar-refractivity contribution in [3.8, 4) is 11.3 Å². The van der Waals surface area contributed by atoms with Gasteiger partial charge in [-0.2, -0.15) is 0 Å². The molecule has 1 saturated heterocycles.